The van der Waals surface area contributed by atoms with E-state index in [1.165, 1.54) is 128 Å². The molecule has 0 fully saturated rings. The van der Waals surface area contributed by atoms with Gasteiger partial charge in [0.05, 0.1) is 16.4 Å². The highest BCUT2D eigenvalue weighted by atomic mass is 31.2. The van der Waals surface area contributed by atoms with Crippen molar-refractivity contribution in [2.75, 3.05) is 32.9 Å². The van der Waals surface area contributed by atoms with Gasteiger partial charge < -0.3 is 25.0 Å². The highest BCUT2D eigenvalue weighted by molar-refractivity contribution is 7.52. The van der Waals surface area contributed by atoms with Crippen molar-refractivity contribution in [3.05, 3.63) is 38.4 Å². The summed E-state index contributed by atoms with van der Waals surface area (Å²) in [6.45, 7) is 3.67. The number of nitrogens with two attached hydrogens (primary N) is 1. The number of esters is 2. The van der Waals surface area contributed by atoms with E-state index in [0.29, 0.717) is 38.6 Å². The van der Waals surface area contributed by atoms with Crippen molar-refractivity contribution in [1.82, 2.24) is 5.32 Å². The molecule has 1 aromatic rings. The average Bonchev–Trinajstić information content (AvgIpc) is 3.30. The maximum Gasteiger partial charge on any atom is 0.377 e. The van der Waals surface area contributed by atoms with E-state index in [-0.39, 0.29) is 62.0 Å². The third-order valence-corrected chi connectivity index (χ3v) is 12.7. The minimum atomic E-state index is -4.63. The largest absolute Gasteiger partial charge is 0.606 e. The summed E-state index contributed by atoms with van der Waals surface area (Å²) < 4.78 is 21.1. The van der Waals surface area contributed by atoms with Crippen LogP contribution in [0.4, 0.5) is 17.1 Å². The molecule has 2 atom stereocenters. The molecule has 2 unspecified atom stereocenters. The molecule has 0 saturated heterocycles. The first kappa shape index (κ1) is 61.7. The van der Waals surface area contributed by atoms with Gasteiger partial charge in [-0.2, -0.15) is 13.9 Å². The van der Waals surface area contributed by atoms with Gasteiger partial charge in [-0.3, -0.25) is 34.6 Å². The Labute approximate surface area is 401 Å². The number of nitro groups is 2. The van der Waals surface area contributed by atoms with Gasteiger partial charge in [0, 0.05) is 37.9 Å². The molecule has 0 bridgehead atoms. The minimum absolute atomic E-state index is 0.0708. The number of rotatable bonds is 47. The molecule has 386 valence electrons. The number of phosphoric ester groups is 1. The fourth-order valence-corrected chi connectivity index (χ4v) is 8.44. The topological polar surface area (TPSA) is 246 Å². The Morgan fingerprint density at radius 3 is 1.58 bits per heavy atom. The predicted molar refractivity (Wildman–Crippen MR) is 260 cm³/mol. The molecule has 18 heteroatoms. The molecule has 1 aromatic carbocycles. The third-order valence-electron chi connectivity index (χ3n) is 11.7. The number of phosphoric acid groups is 1. The summed E-state index contributed by atoms with van der Waals surface area (Å²) in [5.41, 5.74) is -0.418. The van der Waals surface area contributed by atoms with E-state index >= 15 is 0 Å². The molecule has 0 aromatic heterocycles. The molecular formula is C49H88N4O13P+. The quantitative estimate of drug-likeness (QED) is 0.0138. The van der Waals surface area contributed by atoms with Crippen LogP contribution in [0.5, 0.6) is 0 Å². The van der Waals surface area contributed by atoms with Crippen LogP contribution in [-0.4, -0.2) is 71.6 Å². The zero-order valence-corrected chi connectivity index (χ0v) is 42.1. The number of quaternary nitrogens is 1. The Kier molecular flexibility index (Phi) is 38.3. The van der Waals surface area contributed by atoms with Crippen LogP contribution in [0.2, 0.25) is 0 Å². The van der Waals surface area contributed by atoms with Crippen LogP contribution in [0.3, 0.4) is 0 Å². The number of amides is 1. The lowest BCUT2D eigenvalue weighted by molar-refractivity contribution is -0.577. The molecule has 1 amide bonds. The maximum atomic E-state index is 12.8. The van der Waals surface area contributed by atoms with Gasteiger partial charge in [0.2, 0.25) is 11.6 Å². The molecule has 0 heterocycles. The van der Waals surface area contributed by atoms with Gasteiger partial charge in [0.25, 0.3) is 5.69 Å². The number of nitrogens with one attached hydrogen (secondary N) is 1. The second-order valence-corrected chi connectivity index (χ2v) is 19.2. The van der Waals surface area contributed by atoms with E-state index in [1.54, 1.807) is 5.32 Å². The Bertz CT molecular complexity index is 1470. The molecule has 0 spiro atoms. The van der Waals surface area contributed by atoms with E-state index < -0.39 is 42.7 Å². The van der Waals surface area contributed by atoms with Gasteiger partial charge in [-0.1, -0.05) is 168 Å². The van der Waals surface area contributed by atoms with Gasteiger partial charge in [-0.15, -0.1) is 0 Å². The van der Waals surface area contributed by atoms with Crippen molar-refractivity contribution in [2.24, 2.45) is 0 Å². The number of hydrogen-bond donors (Lipinski definition) is 3. The lowest BCUT2D eigenvalue weighted by Crippen LogP contribution is -2.78. The van der Waals surface area contributed by atoms with Gasteiger partial charge in [0.1, 0.15) is 25.9 Å². The van der Waals surface area contributed by atoms with Crippen molar-refractivity contribution in [2.45, 2.75) is 225 Å². The van der Waals surface area contributed by atoms with Gasteiger partial charge in [-0.25, -0.2) is 0 Å². The van der Waals surface area contributed by atoms with Crippen molar-refractivity contribution < 1.29 is 57.9 Å². The molecule has 17 nitrogen and oxygen atoms in total. The van der Waals surface area contributed by atoms with Crippen LogP contribution in [0.15, 0.2) is 18.2 Å². The monoisotopic (exact) mass is 972 g/mol. The summed E-state index contributed by atoms with van der Waals surface area (Å²) in [7, 11) is -4.63. The zero-order valence-electron chi connectivity index (χ0n) is 41.2. The Balaban J connectivity index is 2.42. The average molecular weight is 972 g/mol. The number of unbranched alkanes of at least 4 members (excludes halogenated alkanes) is 26. The number of carbonyl (C=O) groups is 3. The van der Waals surface area contributed by atoms with E-state index in [0.717, 1.165) is 44.6 Å². The molecule has 4 N–H and O–H groups in total. The Hall–Kier alpha value is -3.34. The van der Waals surface area contributed by atoms with Crippen LogP contribution in [0.1, 0.15) is 219 Å². The van der Waals surface area contributed by atoms with E-state index in [9.17, 15) is 44.4 Å². The third kappa shape index (κ3) is 36.3. The summed E-state index contributed by atoms with van der Waals surface area (Å²) >= 11 is 0. The van der Waals surface area contributed by atoms with Crippen LogP contribution in [0, 0.1) is 20.2 Å². The van der Waals surface area contributed by atoms with Crippen LogP contribution in [-0.2, 0) is 32.9 Å². The highest BCUT2D eigenvalue weighted by Gasteiger charge is 2.31. The van der Waals surface area contributed by atoms with Gasteiger partial charge in [-0.05, 0) is 32.1 Å². The summed E-state index contributed by atoms with van der Waals surface area (Å²) in [4.78, 5) is 81.7. The first-order valence-electron chi connectivity index (χ1n) is 25.9. The molecule has 0 aliphatic carbocycles. The highest BCUT2D eigenvalue weighted by Crippen LogP contribution is 2.47. The van der Waals surface area contributed by atoms with E-state index in [1.807, 2.05) is 0 Å². The molecule has 67 heavy (non-hydrogen) atoms. The zero-order chi connectivity index (χ0) is 49.2. The molecular weight excluding hydrogens is 884 g/mol. The molecule has 1 rings (SSSR count). The van der Waals surface area contributed by atoms with Crippen molar-refractivity contribution in [3.8, 4) is 0 Å². The second-order valence-electron chi connectivity index (χ2n) is 17.8. The second kappa shape index (κ2) is 41.6. The first-order valence-corrected chi connectivity index (χ1v) is 27.4. The predicted octanol–water partition coefficient (Wildman–Crippen LogP) is 10.9. The van der Waals surface area contributed by atoms with Crippen molar-refractivity contribution in [3.63, 3.8) is 0 Å². The smallest absolute Gasteiger partial charge is 0.377 e. The first-order chi connectivity index (χ1) is 32.4. The summed E-state index contributed by atoms with van der Waals surface area (Å²) in [5, 5.41) is 26.5. The summed E-state index contributed by atoms with van der Waals surface area (Å²) in [6, 6.07) is 3.49. The molecule has 0 aliphatic rings. The van der Waals surface area contributed by atoms with Crippen LogP contribution < -0.4 is 15.5 Å². The number of non-ortho nitro benzene ring substituents is 1. The number of carbonyl (C=O) groups excluding carboxylic acids is 3. The molecule has 0 radical (unpaired) electrons. The Morgan fingerprint density at radius 1 is 0.627 bits per heavy atom. The maximum absolute atomic E-state index is 12.8. The summed E-state index contributed by atoms with van der Waals surface area (Å²) in [6.07, 6.45) is 31.9. The molecule has 0 aliphatic heterocycles. The van der Waals surface area contributed by atoms with E-state index in [2.05, 4.69) is 19.2 Å². The van der Waals surface area contributed by atoms with E-state index in [4.69, 9.17) is 18.5 Å². The number of benzene rings is 1. The Morgan fingerprint density at radius 2 is 1.09 bits per heavy atom. The fraction of sp³-hybridized carbons (Fsp3) is 0.816. The normalized spacial score (nSPS) is 12.7. The SMILES string of the molecule is CCCCCCCCCCCCCCCC(=O)OCC(CO[P+]([O-])(O)OCCNC(=O)CCCCC[NH2+]c1ccc([N+](=O)[O-])cc1[N+](=O)[O-])OC(=O)CCCCCCCCCCCCCCC. The number of hydrogen-bond acceptors (Lipinski definition) is 13. The minimum Gasteiger partial charge on any atom is -0.606 e. The summed E-state index contributed by atoms with van der Waals surface area (Å²) in [5.74, 6) is -1.25. The standard InChI is InChI=1S/C49H87N4O13P/c1-3-5-7-9-11-13-15-17-19-21-23-25-29-33-48(55)63-41-44(66-49(56)34-30-26-24-22-20-18-16-14-12-10-8-6-4-2)42-65-67(61,62)64-39-38-51-47(54)32-28-27-31-37-50-45-36-35-43(52(57)58)40-46(45)53(59)60/h35-36,40,44,50H,3-34,37-39,41-42H2,1-2H3,(H,51,54)(H,61,62)/p+1. The van der Waals surface area contributed by atoms with Gasteiger partial charge >= 0.3 is 25.8 Å². The van der Waals surface area contributed by atoms with Crippen LogP contribution >= 0.6 is 8.17 Å². The number of ether oxygens (including phenoxy) is 2. The van der Waals surface area contributed by atoms with Crippen LogP contribution in [0.25, 0.3) is 0 Å². The fourth-order valence-electron chi connectivity index (χ4n) is 7.69. The number of nitrogens with zero attached hydrogens (tertiary/aromatic N) is 2. The number of nitro benzene ring substituents is 2. The van der Waals surface area contributed by atoms with Crippen molar-refractivity contribution in [1.29, 1.82) is 0 Å². The lowest BCUT2D eigenvalue weighted by atomic mass is 10.0. The lowest BCUT2D eigenvalue weighted by Gasteiger charge is -2.23. The van der Waals surface area contributed by atoms with Gasteiger partial charge in [0.15, 0.2) is 6.10 Å². The van der Waals surface area contributed by atoms with Crippen molar-refractivity contribution >= 4 is 43.1 Å². The molecule has 0 saturated carbocycles.